The lowest BCUT2D eigenvalue weighted by Crippen LogP contribution is -2.44. The van der Waals surface area contributed by atoms with Gasteiger partial charge in [0.25, 0.3) is 5.69 Å². The molecule has 1 amide bonds. The summed E-state index contributed by atoms with van der Waals surface area (Å²) in [5.41, 5.74) is 1.26. The minimum absolute atomic E-state index is 0.0116. The molecule has 1 fully saturated rings. The van der Waals surface area contributed by atoms with Gasteiger partial charge in [-0.05, 0) is 6.92 Å². The minimum atomic E-state index is -0.443. The Balaban J connectivity index is 1.62. The van der Waals surface area contributed by atoms with Crippen molar-refractivity contribution in [3.63, 3.8) is 0 Å². The van der Waals surface area contributed by atoms with E-state index in [0.717, 1.165) is 13.1 Å². The van der Waals surface area contributed by atoms with E-state index < -0.39 is 4.92 Å². The standard InChI is InChI=1S/C16H18N4O4S/c1-11-8-19(5-6-24-11)9-15(21)18-16-17-14(10-25-16)12-3-2-4-13(7-12)20(22)23/h2-4,7,10-11H,5-6,8-9H2,1H3,(H,17,18,21). The second kappa shape index (κ2) is 7.68. The molecule has 132 valence electrons. The van der Waals surface area contributed by atoms with E-state index in [-0.39, 0.29) is 17.7 Å². The van der Waals surface area contributed by atoms with Crippen LogP contribution in [-0.2, 0) is 9.53 Å². The lowest BCUT2D eigenvalue weighted by Gasteiger charge is -2.30. The summed E-state index contributed by atoms with van der Waals surface area (Å²) in [4.78, 5) is 29.0. The maximum absolute atomic E-state index is 12.2. The third kappa shape index (κ3) is 4.59. The Morgan fingerprint density at radius 3 is 3.16 bits per heavy atom. The van der Waals surface area contributed by atoms with E-state index in [1.807, 2.05) is 11.8 Å². The fraction of sp³-hybridized carbons (Fsp3) is 0.375. The number of morpholine rings is 1. The predicted octanol–water partition coefficient (Wildman–Crippen LogP) is 2.38. The fourth-order valence-corrected chi connectivity index (χ4v) is 3.37. The lowest BCUT2D eigenvalue weighted by molar-refractivity contribution is -0.384. The van der Waals surface area contributed by atoms with Gasteiger partial charge in [-0.15, -0.1) is 11.3 Å². The number of ether oxygens (including phenoxy) is 1. The van der Waals surface area contributed by atoms with Crippen LogP contribution in [0.2, 0.25) is 0 Å². The topological polar surface area (TPSA) is 97.6 Å². The summed E-state index contributed by atoms with van der Waals surface area (Å²) >= 11 is 1.29. The molecule has 1 saturated heterocycles. The predicted molar refractivity (Wildman–Crippen MR) is 94.7 cm³/mol. The van der Waals surface area contributed by atoms with Crippen LogP contribution in [0.25, 0.3) is 11.3 Å². The van der Waals surface area contributed by atoms with Gasteiger partial charge in [-0.2, -0.15) is 0 Å². The van der Waals surface area contributed by atoms with Gasteiger partial charge in [0.15, 0.2) is 5.13 Å². The van der Waals surface area contributed by atoms with Crippen molar-refractivity contribution in [1.82, 2.24) is 9.88 Å². The van der Waals surface area contributed by atoms with Gasteiger partial charge >= 0.3 is 0 Å². The Hall–Kier alpha value is -2.36. The first kappa shape index (κ1) is 17.5. The summed E-state index contributed by atoms with van der Waals surface area (Å²) in [6, 6.07) is 6.27. The zero-order valence-electron chi connectivity index (χ0n) is 13.7. The van der Waals surface area contributed by atoms with Gasteiger partial charge < -0.3 is 10.1 Å². The van der Waals surface area contributed by atoms with E-state index in [2.05, 4.69) is 10.3 Å². The van der Waals surface area contributed by atoms with E-state index in [1.165, 1.54) is 23.5 Å². The summed E-state index contributed by atoms with van der Waals surface area (Å²) < 4.78 is 5.46. The van der Waals surface area contributed by atoms with Crippen molar-refractivity contribution < 1.29 is 14.5 Å². The van der Waals surface area contributed by atoms with Crippen LogP contribution in [0.3, 0.4) is 0 Å². The molecule has 0 aliphatic carbocycles. The third-order valence-corrected chi connectivity index (χ3v) is 4.55. The van der Waals surface area contributed by atoms with Gasteiger partial charge in [-0.1, -0.05) is 12.1 Å². The molecule has 1 aliphatic rings. The van der Waals surface area contributed by atoms with Crippen molar-refractivity contribution in [3.05, 3.63) is 39.8 Å². The van der Waals surface area contributed by atoms with E-state index in [4.69, 9.17) is 4.74 Å². The third-order valence-electron chi connectivity index (χ3n) is 3.80. The quantitative estimate of drug-likeness (QED) is 0.648. The van der Waals surface area contributed by atoms with E-state index >= 15 is 0 Å². The van der Waals surface area contributed by atoms with Gasteiger partial charge in [-0.25, -0.2) is 4.98 Å². The summed E-state index contributed by atoms with van der Waals surface area (Å²) in [5.74, 6) is -0.131. The largest absolute Gasteiger partial charge is 0.376 e. The van der Waals surface area contributed by atoms with Gasteiger partial charge in [0.05, 0.1) is 29.9 Å². The summed E-state index contributed by atoms with van der Waals surface area (Å²) in [6.45, 7) is 4.36. The van der Waals surface area contributed by atoms with Crippen molar-refractivity contribution in [1.29, 1.82) is 0 Å². The van der Waals surface area contributed by atoms with Crippen molar-refractivity contribution in [2.45, 2.75) is 13.0 Å². The van der Waals surface area contributed by atoms with Crippen LogP contribution >= 0.6 is 11.3 Å². The molecule has 8 nitrogen and oxygen atoms in total. The van der Waals surface area contributed by atoms with Crippen molar-refractivity contribution >= 4 is 28.1 Å². The van der Waals surface area contributed by atoms with Gasteiger partial charge in [-0.3, -0.25) is 19.8 Å². The molecule has 1 N–H and O–H groups in total. The van der Waals surface area contributed by atoms with Crippen molar-refractivity contribution in [2.75, 3.05) is 31.6 Å². The van der Waals surface area contributed by atoms with E-state index in [9.17, 15) is 14.9 Å². The number of non-ortho nitro benzene ring substituents is 1. The zero-order valence-corrected chi connectivity index (χ0v) is 14.5. The molecular formula is C16H18N4O4S. The Kier molecular flexibility index (Phi) is 5.37. The molecule has 1 unspecified atom stereocenters. The Morgan fingerprint density at radius 2 is 2.40 bits per heavy atom. The first-order valence-electron chi connectivity index (χ1n) is 7.85. The van der Waals surface area contributed by atoms with Crippen LogP contribution < -0.4 is 5.32 Å². The van der Waals surface area contributed by atoms with Crippen LogP contribution in [0.1, 0.15) is 6.92 Å². The average molecular weight is 362 g/mol. The monoisotopic (exact) mass is 362 g/mol. The number of hydrogen-bond acceptors (Lipinski definition) is 7. The van der Waals surface area contributed by atoms with Crippen molar-refractivity contribution in [2.24, 2.45) is 0 Å². The molecular weight excluding hydrogens is 344 g/mol. The Morgan fingerprint density at radius 1 is 1.56 bits per heavy atom. The summed E-state index contributed by atoms with van der Waals surface area (Å²) in [5, 5.41) is 15.9. The Bertz CT molecular complexity index is 779. The SMILES string of the molecule is CC1CN(CC(=O)Nc2nc(-c3cccc([N+](=O)[O-])c3)cs2)CCO1. The highest BCUT2D eigenvalue weighted by Crippen LogP contribution is 2.27. The first-order valence-corrected chi connectivity index (χ1v) is 8.73. The normalized spacial score (nSPS) is 18.0. The molecule has 3 rings (SSSR count). The second-order valence-corrected chi connectivity index (χ2v) is 6.67. The van der Waals surface area contributed by atoms with Crippen molar-refractivity contribution in [3.8, 4) is 11.3 Å². The number of thiazole rings is 1. The number of rotatable bonds is 5. The summed E-state index contributed by atoms with van der Waals surface area (Å²) in [7, 11) is 0. The number of carbonyl (C=O) groups is 1. The second-order valence-electron chi connectivity index (χ2n) is 5.81. The molecule has 0 radical (unpaired) electrons. The molecule has 1 atom stereocenters. The molecule has 2 aromatic rings. The number of anilines is 1. The Labute approximate surface area is 148 Å². The minimum Gasteiger partial charge on any atom is -0.376 e. The van der Waals surface area contributed by atoms with Crippen LogP contribution in [-0.4, -0.2) is 53.1 Å². The number of nitro benzene ring substituents is 1. The zero-order chi connectivity index (χ0) is 17.8. The van der Waals surface area contributed by atoms with Crippen LogP contribution in [0.5, 0.6) is 0 Å². The molecule has 0 saturated carbocycles. The first-order chi connectivity index (χ1) is 12.0. The van der Waals surface area contributed by atoms with E-state index in [1.54, 1.807) is 17.5 Å². The molecule has 2 heterocycles. The molecule has 25 heavy (non-hydrogen) atoms. The number of nitrogens with zero attached hydrogens (tertiary/aromatic N) is 3. The van der Waals surface area contributed by atoms with E-state index in [0.29, 0.717) is 29.5 Å². The van der Waals surface area contributed by atoms with Crippen LogP contribution in [0.15, 0.2) is 29.6 Å². The molecule has 1 aromatic carbocycles. The van der Waals surface area contributed by atoms with Gasteiger partial charge in [0.2, 0.25) is 5.91 Å². The summed E-state index contributed by atoms with van der Waals surface area (Å²) in [6.07, 6.45) is 0.127. The highest BCUT2D eigenvalue weighted by Gasteiger charge is 2.19. The smallest absolute Gasteiger partial charge is 0.270 e. The lowest BCUT2D eigenvalue weighted by atomic mass is 10.1. The number of carbonyl (C=O) groups excluding carboxylic acids is 1. The number of benzene rings is 1. The number of nitro groups is 1. The van der Waals surface area contributed by atoms with Gasteiger partial charge in [0.1, 0.15) is 0 Å². The number of amides is 1. The molecule has 0 bridgehead atoms. The van der Waals surface area contributed by atoms with Crippen LogP contribution in [0, 0.1) is 10.1 Å². The highest BCUT2D eigenvalue weighted by molar-refractivity contribution is 7.14. The maximum atomic E-state index is 12.2. The number of aromatic nitrogens is 1. The fourth-order valence-electron chi connectivity index (χ4n) is 2.64. The maximum Gasteiger partial charge on any atom is 0.270 e. The van der Waals surface area contributed by atoms with Gasteiger partial charge in [0, 0.05) is 36.2 Å². The number of hydrogen-bond donors (Lipinski definition) is 1. The number of nitrogens with one attached hydrogen (secondary N) is 1. The molecule has 1 aromatic heterocycles. The molecule has 0 spiro atoms. The average Bonchev–Trinajstić information content (AvgIpc) is 3.03. The molecule has 9 heteroatoms. The molecule has 1 aliphatic heterocycles. The highest BCUT2D eigenvalue weighted by atomic mass is 32.1. The van der Waals surface area contributed by atoms with Crippen LogP contribution in [0.4, 0.5) is 10.8 Å².